The lowest BCUT2D eigenvalue weighted by atomic mass is 10.0. The summed E-state index contributed by atoms with van der Waals surface area (Å²) in [4.78, 5) is 39.0. The second kappa shape index (κ2) is 6.92. The van der Waals surface area contributed by atoms with Crippen LogP contribution >= 0.6 is 11.3 Å². The molecule has 0 spiro atoms. The Morgan fingerprint density at radius 1 is 1.12 bits per heavy atom. The quantitative estimate of drug-likeness (QED) is 0.816. The first-order valence-corrected chi connectivity index (χ1v) is 9.60. The first kappa shape index (κ1) is 16.8. The smallest absolute Gasteiger partial charge is 0.313 e. The first-order valence-electron chi connectivity index (χ1n) is 8.72. The minimum Gasteiger partial charge on any atom is -0.345 e. The van der Waals surface area contributed by atoms with E-state index >= 15 is 0 Å². The summed E-state index contributed by atoms with van der Waals surface area (Å²) in [6.07, 6.45) is 3.57. The highest BCUT2D eigenvalue weighted by Crippen LogP contribution is 2.31. The van der Waals surface area contributed by atoms with Gasteiger partial charge in [-0.3, -0.25) is 14.4 Å². The molecule has 1 fully saturated rings. The molecule has 2 heterocycles. The minimum absolute atomic E-state index is 0.00143. The van der Waals surface area contributed by atoms with Crippen molar-refractivity contribution in [3.05, 3.63) is 46.2 Å². The highest BCUT2D eigenvalue weighted by molar-refractivity contribution is 7.12. The van der Waals surface area contributed by atoms with Gasteiger partial charge in [0.25, 0.3) is 5.91 Å². The minimum atomic E-state index is -0.654. The van der Waals surface area contributed by atoms with E-state index < -0.39 is 11.8 Å². The third kappa shape index (κ3) is 3.48. The van der Waals surface area contributed by atoms with E-state index in [1.54, 1.807) is 11.0 Å². The van der Waals surface area contributed by atoms with Crippen LogP contribution in [0.2, 0.25) is 0 Å². The monoisotopic (exact) mass is 369 g/mol. The number of nitrogens with zero attached hydrogens (tertiary/aromatic N) is 1. The summed E-state index contributed by atoms with van der Waals surface area (Å²) < 4.78 is 0. The maximum absolute atomic E-state index is 12.7. The fourth-order valence-corrected chi connectivity index (χ4v) is 3.76. The second-order valence-corrected chi connectivity index (χ2v) is 7.53. The number of fused-ring (bicyclic) bond motifs is 1. The lowest BCUT2D eigenvalue weighted by Crippen LogP contribution is -2.37. The Kier molecular flexibility index (Phi) is 4.46. The van der Waals surface area contributed by atoms with Gasteiger partial charge in [-0.2, -0.15) is 0 Å². The summed E-state index contributed by atoms with van der Waals surface area (Å²) in [5.41, 5.74) is 2.45. The molecule has 1 aromatic heterocycles. The number of benzene rings is 1. The van der Waals surface area contributed by atoms with Crippen molar-refractivity contribution in [3.63, 3.8) is 0 Å². The number of aryl methyl sites for hydroxylation is 1. The van der Waals surface area contributed by atoms with Gasteiger partial charge in [-0.05, 0) is 60.9 Å². The van der Waals surface area contributed by atoms with Gasteiger partial charge in [0, 0.05) is 24.0 Å². The zero-order valence-corrected chi connectivity index (χ0v) is 15.0. The molecule has 0 atom stereocenters. The summed E-state index contributed by atoms with van der Waals surface area (Å²) in [5, 5.41) is 7.21. The predicted octanol–water partition coefficient (Wildman–Crippen LogP) is 2.56. The number of amides is 3. The number of nitrogens with one attached hydrogen (secondary N) is 2. The zero-order chi connectivity index (χ0) is 18.1. The summed E-state index contributed by atoms with van der Waals surface area (Å²) in [5.74, 6) is -1.25. The summed E-state index contributed by atoms with van der Waals surface area (Å²) in [6, 6.07) is 9.28. The van der Waals surface area contributed by atoms with Crippen molar-refractivity contribution in [2.24, 2.45) is 0 Å². The SMILES string of the molecule is O=C(Nc1ccc2c(c1)CCCN2C(=O)c1cccs1)C(=O)NC1CC1. The van der Waals surface area contributed by atoms with E-state index in [-0.39, 0.29) is 11.9 Å². The highest BCUT2D eigenvalue weighted by atomic mass is 32.1. The number of rotatable bonds is 3. The van der Waals surface area contributed by atoms with Crippen LogP contribution in [0.1, 0.15) is 34.5 Å². The highest BCUT2D eigenvalue weighted by Gasteiger charge is 2.27. The Hall–Kier alpha value is -2.67. The maximum atomic E-state index is 12.7. The molecule has 0 saturated heterocycles. The molecule has 1 saturated carbocycles. The molecule has 4 rings (SSSR count). The van der Waals surface area contributed by atoms with E-state index in [0.29, 0.717) is 17.1 Å². The van der Waals surface area contributed by atoms with E-state index in [2.05, 4.69) is 10.6 Å². The molecule has 1 aliphatic carbocycles. The first-order chi connectivity index (χ1) is 12.6. The lowest BCUT2D eigenvalue weighted by molar-refractivity contribution is -0.136. The molecule has 0 unspecified atom stereocenters. The molecular weight excluding hydrogens is 350 g/mol. The maximum Gasteiger partial charge on any atom is 0.313 e. The molecule has 1 aliphatic heterocycles. The number of anilines is 2. The van der Waals surface area contributed by atoms with Crippen LogP contribution in [0.4, 0.5) is 11.4 Å². The molecule has 2 aromatic rings. The fourth-order valence-electron chi connectivity index (χ4n) is 3.09. The van der Waals surface area contributed by atoms with Crippen molar-refractivity contribution in [2.45, 2.75) is 31.7 Å². The van der Waals surface area contributed by atoms with Crippen molar-refractivity contribution in [2.75, 3.05) is 16.8 Å². The van der Waals surface area contributed by atoms with E-state index in [1.165, 1.54) is 11.3 Å². The van der Waals surface area contributed by atoms with E-state index in [0.717, 1.165) is 36.9 Å². The number of carbonyl (C=O) groups is 3. The number of carbonyl (C=O) groups excluding carboxylic acids is 3. The fraction of sp³-hybridized carbons (Fsp3) is 0.316. The summed E-state index contributed by atoms with van der Waals surface area (Å²) in [6.45, 7) is 0.680. The van der Waals surface area contributed by atoms with Crippen LogP contribution in [0.3, 0.4) is 0 Å². The van der Waals surface area contributed by atoms with Gasteiger partial charge < -0.3 is 15.5 Å². The van der Waals surface area contributed by atoms with E-state index in [1.807, 2.05) is 29.6 Å². The van der Waals surface area contributed by atoms with Crippen LogP contribution in [0.15, 0.2) is 35.7 Å². The van der Waals surface area contributed by atoms with Gasteiger partial charge >= 0.3 is 11.8 Å². The van der Waals surface area contributed by atoms with Gasteiger partial charge in [0.15, 0.2) is 0 Å². The van der Waals surface area contributed by atoms with E-state index in [9.17, 15) is 14.4 Å². The summed E-state index contributed by atoms with van der Waals surface area (Å²) >= 11 is 1.43. The number of thiophene rings is 1. The molecule has 7 heteroatoms. The molecule has 0 bridgehead atoms. The number of hydrogen-bond donors (Lipinski definition) is 2. The van der Waals surface area contributed by atoms with Gasteiger partial charge in [0.1, 0.15) is 0 Å². The van der Waals surface area contributed by atoms with Crippen LogP contribution < -0.4 is 15.5 Å². The third-order valence-corrected chi connectivity index (χ3v) is 5.41. The molecular formula is C19H19N3O3S. The Balaban J connectivity index is 1.50. The second-order valence-electron chi connectivity index (χ2n) is 6.58. The Labute approximate surface area is 155 Å². The Morgan fingerprint density at radius 2 is 1.96 bits per heavy atom. The van der Waals surface area contributed by atoms with Crippen LogP contribution in [-0.2, 0) is 16.0 Å². The Bertz CT molecular complexity index is 859. The van der Waals surface area contributed by atoms with Crippen molar-refractivity contribution in [3.8, 4) is 0 Å². The van der Waals surface area contributed by atoms with Crippen LogP contribution in [0, 0.1) is 0 Å². The van der Waals surface area contributed by atoms with Gasteiger partial charge in [0.2, 0.25) is 0 Å². The van der Waals surface area contributed by atoms with Gasteiger partial charge in [-0.15, -0.1) is 11.3 Å². The molecule has 0 radical (unpaired) electrons. The molecule has 6 nitrogen and oxygen atoms in total. The predicted molar refractivity (Wildman–Crippen MR) is 101 cm³/mol. The molecule has 1 aromatic carbocycles. The Morgan fingerprint density at radius 3 is 2.69 bits per heavy atom. The average Bonchev–Trinajstić information content (AvgIpc) is 3.29. The molecule has 134 valence electrons. The largest absolute Gasteiger partial charge is 0.345 e. The topological polar surface area (TPSA) is 78.5 Å². The molecule has 2 aliphatic rings. The van der Waals surface area contributed by atoms with Crippen molar-refractivity contribution < 1.29 is 14.4 Å². The van der Waals surface area contributed by atoms with Gasteiger partial charge in [-0.1, -0.05) is 6.07 Å². The van der Waals surface area contributed by atoms with Crippen molar-refractivity contribution in [1.82, 2.24) is 5.32 Å². The van der Waals surface area contributed by atoms with Crippen molar-refractivity contribution in [1.29, 1.82) is 0 Å². The standard InChI is InChI=1S/C19H19N3O3S/c23-17(20-13-5-6-13)18(24)21-14-7-8-15-12(11-14)3-1-9-22(15)19(25)16-4-2-10-26-16/h2,4,7-8,10-11,13H,1,3,5-6,9H2,(H,20,23)(H,21,24). The normalized spacial score (nSPS) is 15.9. The molecule has 2 N–H and O–H groups in total. The van der Waals surface area contributed by atoms with Gasteiger partial charge in [0.05, 0.1) is 4.88 Å². The zero-order valence-electron chi connectivity index (χ0n) is 14.2. The number of hydrogen-bond acceptors (Lipinski definition) is 4. The van der Waals surface area contributed by atoms with E-state index in [4.69, 9.17) is 0 Å². The summed E-state index contributed by atoms with van der Waals surface area (Å²) in [7, 11) is 0. The molecule has 26 heavy (non-hydrogen) atoms. The van der Waals surface area contributed by atoms with Crippen LogP contribution in [0.25, 0.3) is 0 Å². The third-order valence-electron chi connectivity index (χ3n) is 4.55. The van der Waals surface area contributed by atoms with Crippen LogP contribution in [0.5, 0.6) is 0 Å². The van der Waals surface area contributed by atoms with Crippen LogP contribution in [-0.4, -0.2) is 30.3 Å². The van der Waals surface area contributed by atoms with Crippen molar-refractivity contribution >= 4 is 40.4 Å². The molecule has 3 amide bonds. The lowest BCUT2D eigenvalue weighted by Gasteiger charge is -2.29. The average molecular weight is 369 g/mol. The van der Waals surface area contributed by atoms with Gasteiger partial charge in [-0.25, -0.2) is 0 Å².